The number of amides is 1. The normalized spacial score (nSPS) is 9.64. The van der Waals surface area contributed by atoms with Crippen LogP contribution in [-0.4, -0.2) is 24.5 Å². The van der Waals surface area contributed by atoms with Crippen molar-refractivity contribution in [1.29, 1.82) is 0 Å². The quantitative estimate of drug-likeness (QED) is 0.516. The predicted molar refractivity (Wildman–Crippen MR) is 53.9 cm³/mol. The van der Waals surface area contributed by atoms with Crippen molar-refractivity contribution in [3.8, 4) is 0 Å². The molecule has 0 aliphatic carbocycles. The van der Waals surface area contributed by atoms with Gasteiger partial charge in [-0.3, -0.25) is 4.79 Å². The van der Waals surface area contributed by atoms with E-state index in [-0.39, 0.29) is 5.91 Å². The topological polar surface area (TPSA) is 29.1 Å². The van der Waals surface area contributed by atoms with E-state index < -0.39 is 0 Å². The second-order valence-corrected chi connectivity index (χ2v) is 4.88. The summed E-state index contributed by atoms with van der Waals surface area (Å²) in [7, 11) is 5.37. The Morgan fingerprint density at radius 1 is 1.45 bits per heavy atom. The zero-order valence-corrected chi connectivity index (χ0v) is 8.69. The smallest absolute Gasteiger partial charge is 0.219 e. The van der Waals surface area contributed by atoms with Gasteiger partial charge in [-0.1, -0.05) is 28.5 Å². The Hall–Kier alpha value is 0.170. The Kier molecular flexibility index (Phi) is 8.40. The lowest BCUT2D eigenvalue weighted by molar-refractivity contribution is -0.120. The van der Waals surface area contributed by atoms with Gasteiger partial charge in [-0.2, -0.15) is 0 Å². The second kappa shape index (κ2) is 8.27. The van der Waals surface area contributed by atoms with Gasteiger partial charge in [0.05, 0.1) is 0 Å². The van der Waals surface area contributed by atoms with Crippen molar-refractivity contribution in [1.82, 2.24) is 5.32 Å². The van der Waals surface area contributed by atoms with Gasteiger partial charge < -0.3 is 5.32 Å². The van der Waals surface area contributed by atoms with E-state index in [4.69, 9.17) is 0 Å². The summed E-state index contributed by atoms with van der Waals surface area (Å²) >= 11 is 0. The maximum atomic E-state index is 10.7. The van der Waals surface area contributed by atoms with Crippen LogP contribution < -0.4 is 5.32 Å². The first-order valence-electron chi connectivity index (χ1n) is 3.76. The Morgan fingerprint density at radius 2 is 2.18 bits per heavy atom. The SMILES string of the molecule is CCSSCCCC(=O)NC. The van der Waals surface area contributed by atoms with E-state index >= 15 is 0 Å². The van der Waals surface area contributed by atoms with Crippen LogP contribution in [0, 0.1) is 0 Å². The highest BCUT2D eigenvalue weighted by atomic mass is 33.1. The molecule has 0 spiro atoms. The van der Waals surface area contributed by atoms with E-state index in [9.17, 15) is 4.79 Å². The minimum Gasteiger partial charge on any atom is -0.359 e. The second-order valence-electron chi connectivity index (χ2n) is 2.01. The van der Waals surface area contributed by atoms with Crippen LogP contribution in [0.15, 0.2) is 0 Å². The predicted octanol–water partition coefficient (Wildman–Crippen LogP) is 1.91. The van der Waals surface area contributed by atoms with E-state index in [0.29, 0.717) is 6.42 Å². The van der Waals surface area contributed by atoms with Crippen LogP contribution in [0.1, 0.15) is 19.8 Å². The van der Waals surface area contributed by atoms with Crippen molar-refractivity contribution in [2.75, 3.05) is 18.6 Å². The van der Waals surface area contributed by atoms with Gasteiger partial charge in [-0.05, 0) is 6.42 Å². The van der Waals surface area contributed by atoms with Crippen molar-refractivity contribution in [3.63, 3.8) is 0 Å². The van der Waals surface area contributed by atoms with Crippen molar-refractivity contribution < 1.29 is 4.79 Å². The maximum Gasteiger partial charge on any atom is 0.219 e. The van der Waals surface area contributed by atoms with E-state index in [1.807, 2.05) is 21.6 Å². The standard InChI is InChI=1S/C7H15NOS2/c1-3-10-11-6-4-5-7(9)8-2/h3-6H2,1-2H3,(H,8,9). The molecular weight excluding hydrogens is 178 g/mol. The van der Waals surface area contributed by atoms with E-state index in [0.717, 1.165) is 17.9 Å². The van der Waals surface area contributed by atoms with Gasteiger partial charge in [0.25, 0.3) is 0 Å². The molecule has 4 heteroatoms. The van der Waals surface area contributed by atoms with E-state index in [2.05, 4.69) is 12.2 Å². The molecule has 0 aromatic carbocycles. The molecule has 0 radical (unpaired) electrons. The van der Waals surface area contributed by atoms with Crippen LogP contribution in [0.3, 0.4) is 0 Å². The fourth-order valence-corrected chi connectivity index (χ4v) is 2.31. The lowest BCUT2D eigenvalue weighted by atomic mass is 10.3. The van der Waals surface area contributed by atoms with Gasteiger partial charge in [0.1, 0.15) is 0 Å². The van der Waals surface area contributed by atoms with Crippen LogP contribution in [-0.2, 0) is 4.79 Å². The summed E-state index contributed by atoms with van der Waals surface area (Å²) in [4.78, 5) is 10.7. The molecule has 0 rings (SSSR count). The monoisotopic (exact) mass is 193 g/mol. The molecule has 0 saturated carbocycles. The first kappa shape index (κ1) is 11.2. The molecule has 1 N–H and O–H groups in total. The number of hydrogen-bond donors (Lipinski definition) is 1. The Labute approximate surface area is 76.3 Å². The van der Waals surface area contributed by atoms with E-state index in [1.54, 1.807) is 7.05 Å². The molecule has 0 aliphatic rings. The van der Waals surface area contributed by atoms with Crippen LogP contribution in [0.5, 0.6) is 0 Å². The van der Waals surface area contributed by atoms with Crippen molar-refractivity contribution >= 4 is 27.5 Å². The molecule has 0 heterocycles. The molecule has 0 bridgehead atoms. The molecular formula is C7H15NOS2. The number of nitrogens with one attached hydrogen (secondary N) is 1. The number of hydrogen-bond acceptors (Lipinski definition) is 3. The highest BCUT2D eigenvalue weighted by Crippen LogP contribution is 2.21. The third-order valence-corrected chi connectivity index (χ3v) is 3.68. The Bertz CT molecular complexity index is 109. The van der Waals surface area contributed by atoms with Gasteiger partial charge in [0, 0.05) is 25.0 Å². The number of rotatable bonds is 6. The zero-order valence-electron chi connectivity index (χ0n) is 7.05. The molecule has 0 saturated heterocycles. The summed E-state index contributed by atoms with van der Waals surface area (Å²) in [6.07, 6.45) is 1.64. The highest BCUT2D eigenvalue weighted by Gasteiger charge is 1.96. The molecule has 2 nitrogen and oxygen atoms in total. The molecule has 66 valence electrons. The first-order valence-corrected chi connectivity index (χ1v) is 6.25. The number of carbonyl (C=O) groups excluding carboxylic acids is 1. The summed E-state index contributed by atoms with van der Waals surface area (Å²) in [5, 5.41) is 2.60. The third-order valence-electron chi connectivity index (χ3n) is 1.11. The summed E-state index contributed by atoms with van der Waals surface area (Å²) in [6.45, 7) is 2.14. The molecule has 0 aliphatic heterocycles. The molecule has 0 unspecified atom stereocenters. The first-order chi connectivity index (χ1) is 5.31. The highest BCUT2D eigenvalue weighted by molar-refractivity contribution is 8.76. The molecule has 0 atom stereocenters. The molecule has 0 aromatic heterocycles. The lowest BCUT2D eigenvalue weighted by Gasteiger charge is -1.98. The van der Waals surface area contributed by atoms with Gasteiger partial charge in [-0.15, -0.1) is 0 Å². The van der Waals surface area contributed by atoms with Crippen molar-refractivity contribution in [2.24, 2.45) is 0 Å². The molecule has 0 aromatic rings. The molecule has 0 fully saturated rings. The van der Waals surface area contributed by atoms with Crippen LogP contribution in [0.25, 0.3) is 0 Å². The molecule has 11 heavy (non-hydrogen) atoms. The van der Waals surface area contributed by atoms with Crippen molar-refractivity contribution in [2.45, 2.75) is 19.8 Å². The molecule has 1 amide bonds. The van der Waals surface area contributed by atoms with Gasteiger partial charge in [0.2, 0.25) is 5.91 Å². The average Bonchev–Trinajstić information content (AvgIpc) is 2.04. The average molecular weight is 193 g/mol. The Balaban J connectivity index is 2.95. The van der Waals surface area contributed by atoms with Crippen molar-refractivity contribution in [3.05, 3.63) is 0 Å². The third kappa shape index (κ3) is 8.07. The van der Waals surface area contributed by atoms with Crippen LogP contribution >= 0.6 is 21.6 Å². The van der Waals surface area contributed by atoms with Crippen LogP contribution in [0.4, 0.5) is 0 Å². The Morgan fingerprint density at radius 3 is 2.73 bits per heavy atom. The summed E-state index contributed by atoms with van der Waals surface area (Å²) in [6, 6.07) is 0. The van der Waals surface area contributed by atoms with Gasteiger partial charge in [0.15, 0.2) is 0 Å². The summed E-state index contributed by atoms with van der Waals surface area (Å²) in [5.41, 5.74) is 0. The maximum absolute atomic E-state index is 10.7. The zero-order chi connectivity index (χ0) is 8.53. The summed E-state index contributed by atoms with van der Waals surface area (Å²) in [5.74, 6) is 2.36. The summed E-state index contributed by atoms with van der Waals surface area (Å²) < 4.78 is 0. The van der Waals surface area contributed by atoms with Gasteiger partial charge in [-0.25, -0.2) is 0 Å². The minimum absolute atomic E-state index is 0.145. The largest absolute Gasteiger partial charge is 0.359 e. The van der Waals surface area contributed by atoms with Gasteiger partial charge >= 0.3 is 0 Å². The lowest BCUT2D eigenvalue weighted by Crippen LogP contribution is -2.17. The fraction of sp³-hybridized carbons (Fsp3) is 0.857. The fourth-order valence-electron chi connectivity index (χ4n) is 0.559. The van der Waals surface area contributed by atoms with Crippen LogP contribution in [0.2, 0.25) is 0 Å². The number of carbonyl (C=O) groups is 1. The minimum atomic E-state index is 0.145. The van der Waals surface area contributed by atoms with E-state index in [1.165, 1.54) is 0 Å².